The molecule has 0 aliphatic heterocycles. The molecule has 0 spiro atoms. The van der Waals surface area contributed by atoms with Gasteiger partial charge in [-0.05, 0) is 48.8 Å². The molecule has 1 aromatic carbocycles. The molecule has 2 rings (SSSR count). The molecular formula is C18H16BrF3N2O5. The van der Waals surface area contributed by atoms with E-state index in [1.54, 1.807) is 0 Å². The van der Waals surface area contributed by atoms with E-state index < -0.39 is 52.2 Å². The molecule has 0 saturated carbocycles. The van der Waals surface area contributed by atoms with Crippen molar-refractivity contribution in [2.24, 2.45) is 7.05 Å². The zero-order valence-corrected chi connectivity index (χ0v) is 17.3. The quantitative estimate of drug-likeness (QED) is 0.619. The minimum absolute atomic E-state index is 0.0582. The number of carbonyl (C=O) groups excluding carboxylic acids is 2. The largest absolute Gasteiger partial charge is 0.448 e. The zero-order chi connectivity index (χ0) is 22.3. The maximum atomic E-state index is 14.5. The number of alkyl halides is 2. The summed E-state index contributed by atoms with van der Waals surface area (Å²) in [7, 11) is 1.00. The Labute approximate surface area is 170 Å². The van der Waals surface area contributed by atoms with Gasteiger partial charge in [-0.3, -0.25) is 14.2 Å². The van der Waals surface area contributed by atoms with E-state index in [0.717, 1.165) is 19.2 Å². The molecule has 0 radical (unpaired) electrons. The fourth-order valence-electron chi connectivity index (χ4n) is 2.30. The lowest BCUT2D eigenvalue weighted by atomic mass is 10.1. The van der Waals surface area contributed by atoms with Crippen molar-refractivity contribution >= 4 is 27.7 Å². The third kappa shape index (κ3) is 4.34. The molecule has 0 aliphatic rings. The standard InChI is InChI=1S/C18H16BrF3N2O5/c1-8(25)18(2,3)29-16(27)9-5-12(11(20)6-10(9)19)24-14(26)7-13(15(21)22)23(4)17(24)28/h5-7,15H,1-4H3. The first-order valence-electron chi connectivity index (χ1n) is 8.13. The van der Waals surface area contributed by atoms with Crippen LogP contribution in [-0.4, -0.2) is 26.5 Å². The van der Waals surface area contributed by atoms with Crippen molar-refractivity contribution in [2.45, 2.75) is 32.8 Å². The molecule has 1 heterocycles. The number of rotatable bonds is 5. The van der Waals surface area contributed by atoms with E-state index >= 15 is 0 Å². The Balaban J connectivity index is 2.69. The van der Waals surface area contributed by atoms with Crippen molar-refractivity contribution in [3.63, 3.8) is 0 Å². The normalized spacial score (nSPS) is 11.6. The second-order valence-corrected chi connectivity index (χ2v) is 7.48. The molecule has 1 aromatic heterocycles. The predicted molar refractivity (Wildman–Crippen MR) is 100 cm³/mol. The van der Waals surface area contributed by atoms with Crippen molar-refractivity contribution < 1.29 is 27.5 Å². The molecule has 0 bridgehead atoms. The van der Waals surface area contributed by atoms with E-state index in [1.807, 2.05) is 0 Å². The van der Waals surface area contributed by atoms with Gasteiger partial charge < -0.3 is 4.74 Å². The molecule has 0 saturated heterocycles. The topological polar surface area (TPSA) is 87.4 Å². The van der Waals surface area contributed by atoms with Crippen LogP contribution in [0.4, 0.5) is 13.2 Å². The second-order valence-electron chi connectivity index (χ2n) is 6.62. The molecule has 0 atom stereocenters. The van der Waals surface area contributed by atoms with Gasteiger partial charge in [0, 0.05) is 17.6 Å². The maximum absolute atomic E-state index is 14.5. The van der Waals surface area contributed by atoms with Gasteiger partial charge in [0.1, 0.15) is 5.82 Å². The molecule has 0 aliphatic carbocycles. The van der Waals surface area contributed by atoms with Crippen molar-refractivity contribution in [3.05, 3.63) is 60.6 Å². The Morgan fingerprint density at radius 1 is 1.17 bits per heavy atom. The van der Waals surface area contributed by atoms with Gasteiger partial charge in [-0.15, -0.1) is 0 Å². The third-order valence-corrected chi connectivity index (χ3v) is 4.93. The molecular weight excluding hydrogens is 461 g/mol. The number of hydrogen-bond donors (Lipinski definition) is 0. The van der Waals surface area contributed by atoms with Crippen LogP contribution in [-0.2, 0) is 16.6 Å². The average Bonchev–Trinajstić information content (AvgIpc) is 2.58. The number of benzene rings is 1. The van der Waals surface area contributed by atoms with Gasteiger partial charge in [-0.1, -0.05) is 0 Å². The lowest BCUT2D eigenvalue weighted by Crippen LogP contribution is -2.39. The highest BCUT2D eigenvalue weighted by atomic mass is 79.9. The van der Waals surface area contributed by atoms with Crippen LogP contribution >= 0.6 is 15.9 Å². The van der Waals surface area contributed by atoms with Crippen molar-refractivity contribution in [1.29, 1.82) is 0 Å². The Bertz CT molecular complexity index is 1120. The van der Waals surface area contributed by atoms with E-state index in [4.69, 9.17) is 4.74 Å². The van der Waals surface area contributed by atoms with Crippen molar-refractivity contribution in [1.82, 2.24) is 9.13 Å². The number of aromatic nitrogens is 2. The summed E-state index contributed by atoms with van der Waals surface area (Å²) in [6.45, 7) is 3.93. The molecule has 11 heteroatoms. The van der Waals surface area contributed by atoms with E-state index in [2.05, 4.69) is 15.9 Å². The van der Waals surface area contributed by atoms with Crippen LogP contribution in [0, 0.1) is 5.82 Å². The zero-order valence-electron chi connectivity index (χ0n) is 15.8. The van der Waals surface area contributed by atoms with E-state index in [9.17, 15) is 32.3 Å². The van der Waals surface area contributed by atoms with E-state index in [0.29, 0.717) is 15.2 Å². The average molecular weight is 477 g/mol. The number of ketones is 1. The predicted octanol–water partition coefficient (Wildman–Crippen LogP) is 2.90. The smallest absolute Gasteiger partial charge is 0.340 e. The summed E-state index contributed by atoms with van der Waals surface area (Å²) in [6, 6.07) is 2.19. The van der Waals surface area contributed by atoms with E-state index in [-0.39, 0.29) is 10.0 Å². The molecule has 0 amide bonds. The summed E-state index contributed by atoms with van der Waals surface area (Å²) in [5.41, 5.74) is -5.64. The van der Waals surface area contributed by atoms with Crippen LogP contribution in [0.5, 0.6) is 0 Å². The summed E-state index contributed by atoms with van der Waals surface area (Å²) in [4.78, 5) is 48.7. The number of halogens is 4. The molecule has 0 unspecified atom stereocenters. The third-order valence-electron chi connectivity index (χ3n) is 4.27. The van der Waals surface area contributed by atoms with Gasteiger partial charge in [-0.2, -0.15) is 0 Å². The van der Waals surface area contributed by atoms with Crippen LogP contribution in [0.15, 0.2) is 32.3 Å². The molecule has 0 N–H and O–H groups in total. The molecule has 29 heavy (non-hydrogen) atoms. The first-order chi connectivity index (χ1) is 13.3. The summed E-state index contributed by atoms with van der Waals surface area (Å²) < 4.78 is 46.3. The minimum Gasteiger partial charge on any atom is -0.448 e. The van der Waals surface area contributed by atoms with Crippen molar-refractivity contribution in [3.8, 4) is 5.69 Å². The van der Waals surface area contributed by atoms with Crippen LogP contribution in [0.25, 0.3) is 5.69 Å². The van der Waals surface area contributed by atoms with Gasteiger partial charge in [0.2, 0.25) is 0 Å². The van der Waals surface area contributed by atoms with Gasteiger partial charge in [0.15, 0.2) is 11.4 Å². The number of Topliss-reactive ketones (excluding diaryl/α,β-unsaturated/α-hetero) is 1. The first-order valence-corrected chi connectivity index (χ1v) is 8.92. The van der Waals surface area contributed by atoms with Gasteiger partial charge in [0.05, 0.1) is 16.9 Å². The maximum Gasteiger partial charge on any atom is 0.340 e. The number of carbonyl (C=O) groups is 2. The van der Waals surface area contributed by atoms with Gasteiger partial charge >= 0.3 is 11.7 Å². The summed E-state index contributed by atoms with van der Waals surface area (Å²) in [6.07, 6.45) is -3.09. The Hall–Kier alpha value is -2.69. The number of hydrogen-bond acceptors (Lipinski definition) is 5. The first kappa shape index (κ1) is 22.6. The van der Waals surface area contributed by atoms with Gasteiger partial charge in [0.25, 0.3) is 12.0 Å². The highest BCUT2D eigenvalue weighted by molar-refractivity contribution is 9.10. The Kier molecular flexibility index (Phi) is 6.21. The molecule has 0 fully saturated rings. The SMILES string of the molecule is CC(=O)C(C)(C)OC(=O)c1cc(-n2c(=O)cc(C(F)F)n(C)c2=O)c(F)cc1Br. The van der Waals surface area contributed by atoms with Crippen LogP contribution in [0.1, 0.15) is 43.2 Å². The highest BCUT2D eigenvalue weighted by Crippen LogP contribution is 2.26. The number of nitrogens with zero attached hydrogens (tertiary/aromatic N) is 2. The molecule has 2 aromatic rings. The van der Waals surface area contributed by atoms with E-state index in [1.165, 1.54) is 20.8 Å². The monoisotopic (exact) mass is 476 g/mol. The fraction of sp³-hybridized carbons (Fsp3) is 0.333. The highest BCUT2D eigenvalue weighted by Gasteiger charge is 2.30. The van der Waals surface area contributed by atoms with Crippen LogP contribution < -0.4 is 11.2 Å². The number of ether oxygens (including phenoxy) is 1. The fourth-order valence-corrected chi connectivity index (χ4v) is 2.77. The van der Waals surface area contributed by atoms with Crippen LogP contribution in [0.2, 0.25) is 0 Å². The summed E-state index contributed by atoms with van der Waals surface area (Å²) in [5, 5.41) is 0. The Morgan fingerprint density at radius 2 is 1.76 bits per heavy atom. The number of esters is 1. The lowest BCUT2D eigenvalue weighted by Gasteiger charge is -2.22. The van der Waals surface area contributed by atoms with Crippen LogP contribution in [0.3, 0.4) is 0 Å². The van der Waals surface area contributed by atoms with Gasteiger partial charge in [-0.25, -0.2) is 27.3 Å². The lowest BCUT2D eigenvalue weighted by molar-refractivity contribution is -0.132. The summed E-state index contributed by atoms with van der Waals surface area (Å²) >= 11 is 2.99. The van der Waals surface area contributed by atoms with Crippen molar-refractivity contribution in [2.75, 3.05) is 0 Å². The molecule has 156 valence electrons. The molecule has 7 nitrogen and oxygen atoms in total. The Morgan fingerprint density at radius 3 is 2.28 bits per heavy atom. The minimum atomic E-state index is -3.09. The second kappa shape index (κ2) is 7.97. The summed E-state index contributed by atoms with van der Waals surface area (Å²) in [5.74, 6) is -2.53.